The lowest BCUT2D eigenvalue weighted by Crippen LogP contribution is -2.36. The number of nitrogens with zero attached hydrogens (tertiary/aromatic N) is 2. The maximum Gasteiger partial charge on any atom is 0.138 e. The highest BCUT2D eigenvalue weighted by Crippen LogP contribution is 2.31. The summed E-state index contributed by atoms with van der Waals surface area (Å²) in [6.45, 7) is 7.89. The molecular weight excluding hydrogens is 374 g/mol. The van der Waals surface area contributed by atoms with Gasteiger partial charge in [0, 0.05) is 42.1 Å². The fraction of sp³-hybridized carbons (Fsp3) is 0.458. The van der Waals surface area contributed by atoms with Crippen LogP contribution >= 0.6 is 0 Å². The van der Waals surface area contributed by atoms with Gasteiger partial charge in [-0.25, -0.2) is 4.98 Å². The second kappa shape index (κ2) is 8.66. The molecule has 1 unspecified atom stereocenters. The molecule has 0 spiro atoms. The summed E-state index contributed by atoms with van der Waals surface area (Å²) in [5, 5.41) is 8.33. The van der Waals surface area contributed by atoms with E-state index in [9.17, 15) is 0 Å². The first-order valence-corrected chi connectivity index (χ1v) is 11.2. The molecule has 0 aliphatic carbocycles. The zero-order valence-corrected chi connectivity index (χ0v) is 17.7. The van der Waals surface area contributed by atoms with Gasteiger partial charge in [-0.2, -0.15) is 0 Å². The highest BCUT2D eigenvalue weighted by atomic mass is 16.5. The normalized spacial score (nSPS) is 19.2. The van der Waals surface area contributed by atoms with Crippen LogP contribution in [0.2, 0.25) is 0 Å². The molecule has 4 heterocycles. The molecule has 2 fully saturated rings. The smallest absolute Gasteiger partial charge is 0.138 e. The van der Waals surface area contributed by atoms with E-state index in [4.69, 9.17) is 4.74 Å². The average Bonchev–Trinajstić information content (AvgIpc) is 3.25. The molecule has 2 aromatic heterocycles. The summed E-state index contributed by atoms with van der Waals surface area (Å²) >= 11 is 0. The highest BCUT2D eigenvalue weighted by Gasteiger charge is 2.20. The number of benzene rings is 1. The van der Waals surface area contributed by atoms with Gasteiger partial charge in [-0.05, 0) is 68.6 Å². The zero-order valence-electron chi connectivity index (χ0n) is 17.7. The Labute approximate surface area is 178 Å². The molecule has 0 amide bonds. The molecular formula is C24H31N5O. The van der Waals surface area contributed by atoms with Crippen molar-refractivity contribution in [2.24, 2.45) is 5.92 Å². The molecule has 2 aliphatic heterocycles. The van der Waals surface area contributed by atoms with E-state index in [1.54, 1.807) is 0 Å². The molecule has 30 heavy (non-hydrogen) atoms. The topological polar surface area (TPSA) is 65.2 Å². The van der Waals surface area contributed by atoms with Gasteiger partial charge in [0.05, 0.1) is 18.7 Å². The molecule has 158 valence electrons. The Kier molecular flexibility index (Phi) is 5.60. The molecule has 3 N–H and O–H groups in total. The lowest BCUT2D eigenvalue weighted by molar-refractivity contribution is 0.122. The van der Waals surface area contributed by atoms with E-state index < -0.39 is 0 Å². The summed E-state index contributed by atoms with van der Waals surface area (Å²) in [7, 11) is 0. The molecule has 0 radical (unpaired) electrons. The van der Waals surface area contributed by atoms with Gasteiger partial charge in [-0.15, -0.1) is 0 Å². The molecule has 2 aliphatic rings. The zero-order chi connectivity index (χ0) is 20.3. The van der Waals surface area contributed by atoms with E-state index >= 15 is 0 Å². The van der Waals surface area contributed by atoms with E-state index in [1.807, 2.05) is 6.20 Å². The van der Waals surface area contributed by atoms with Crippen molar-refractivity contribution in [2.45, 2.75) is 25.8 Å². The van der Waals surface area contributed by atoms with Crippen molar-refractivity contribution in [1.82, 2.24) is 15.3 Å². The Morgan fingerprint density at radius 1 is 1.10 bits per heavy atom. The fourth-order valence-corrected chi connectivity index (χ4v) is 4.69. The van der Waals surface area contributed by atoms with Crippen LogP contribution in [0.1, 0.15) is 19.8 Å². The van der Waals surface area contributed by atoms with Crippen LogP contribution in [0, 0.1) is 5.92 Å². The van der Waals surface area contributed by atoms with Gasteiger partial charge >= 0.3 is 0 Å². The number of pyridine rings is 1. The summed E-state index contributed by atoms with van der Waals surface area (Å²) in [6, 6.07) is 13.6. The highest BCUT2D eigenvalue weighted by molar-refractivity contribution is 5.94. The number of nitrogens with one attached hydrogen (secondary N) is 3. The molecule has 0 bridgehead atoms. The Balaban J connectivity index is 1.34. The minimum Gasteiger partial charge on any atom is -0.382 e. The predicted octanol–water partition coefficient (Wildman–Crippen LogP) is 3.87. The van der Waals surface area contributed by atoms with Crippen LogP contribution in [-0.2, 0) is 4.74 Å². The summed E-state index contributed by atoms with van der Waals surface area (Å²) in [5.74, 6) is 1.79. The van der Waals surface area contributed by atoms with E-state index in [-0.39, 0.29) is 0 Å². The van der Waals surface area contributed by atoms with Gasteiger partial charge in [0.2, 0.25) is 0 Å². The molecule has 2 saturated heterocycles. The number of hydrogen-bond donors (Lipinski definition) is 3. The Bertz CT molecular complexity index is 971. The van der Waals surface area contributed by atoms with Crippen molar-refractivity contribution in [1.29, 1.82) is 0 Å². The second-order valence-corrected chi connectivity index (χ2v) is 8.48. The maximum absolute atomic E-state index is 5.50. The third-order valence-corrected chi connectivity index (χ3v) is 6.52. The van der Waals surface area contributed by atoms with E-state index in [2.05, 4.69) is 68.8 Å². The third-order valence-electron chi connectivity index (χ3n) is 6.52. The largest absolute Gasteiger partial charge is 0.382 e. The molecule has 3 aromatic rings. The SMILES string of the molecule is CC(Nc1ccc(-c2cc3c(N4CCOCC4)nccc3[nH]2)cc1)C1CCNCC1. The lowest BCUT2D eigenvalue weighted by Gasteiger charge is -2.29. The van der Waals surface area contributed by atoms with Gasteiger partial charge in [0.15, 0.2) is 0 Å². The number of H-pyrrole nitrogens is 1. The van der Waals surface area contributed by atoms with Gasteiger partial charge in [0.25, 0.3) is 0 Å². The van der Waals surface area contributed by atoms with E-state index in [0.717, 1.165) is 62.3 Å². The van der Waals surface area contributed by atoms with Crippen molar-refractivity contribution in [3.63, 3.8) is 0 Å². The van der Waals surface area contributed by atoms with Crippen LogP contribution in [0.5, 0.6) is 0 Å². The van der Waals surface area contributed by atoms with Crippen molar-refractivity contribution >= 4 is 22.4 Å². The van der Waals surface area contributed by atoms with Crippen molar-refractivity contribution < 1.29 is 4.74 Å². The minimum atomic E-state index is 0.494. The first-order valence-electron chi connectivity index (χ1n) is 11.2. The molecule has 6 heteroatoms. The number of piperidine rings is 1. The fourth-order valence-electron chi connectivity index (χ4n) is 4.69. The summed E-state index contributed by atoms with van der Waals surface area (Å²) in [5.41, 5.74) is 4.64. The third kappa shape index (κ3) is 4.02. The number of aromatic nitrogens is 2. The van der Waals surface area contributed by atoms with Crippen LogP contribution in [-0.4, -0.2) is 55.4 Å². The Morgan fingerprint density at radius 3 is 2.63 bits per heavy atom. The van der Waals surface area contributed by atoms with Crippen LogP contribution in [0.3, 0.4) is 0 Å². The van der Waals surface area contributed by atoms with Crippen LogP contribution in [0.15, 0.2) is 42.6 Å². The van der Waals surface area contributed by atoms with E-state index in [1.165, 1.54) is 29.5 Å². The number of fused-ring (bicyclic) bond motifs is 1. The molecule has 1 atom stereocenters. The first-order chi connectivity index (χ1) is 14.8. The van der Waals surface area contributed by atoms with Gasteiger partial charge in [0.1, 0.15) is 5.82 Å². The van der Waals surface area contributed by atoms with E-state index in [0.29, 0.717) is 6.04 Å². The summed E-state index contributed by atoms with van der Waals surface area (Å²) in [4.78, 5) is 10.6. The number of morpholine rings is 1. The van der Waals surface area contributed by atoms with Crippen LogP contribution in [0.25, 0.3) is 22.2 Å². The number of anilines is 2. The van der Waals surface area contributed by atoms with Crippen molar-refractivity contribution in [3.05, 3.63) is 42.6 Å². The summed E-state index contributed by atoms with van der Waals surface area (Å²) in [6.07, 6.45) is 4.39. The number of hydrogen-bond acceptors (Lipinski definition) is 5. The van der Waals surface area contributed by atoms with Gasteiger partial charge in [-0.3, -0.25) is 0 Å². The van der Waals surface area contributed by atoms with Crippen LogP contribution < -0.4 is 15.5 Å². The molecule has 6 nitrogen and oxygen atoms in total. The van der Waals surface area contributed by atoms with Crippen LogP contribution in [0.4, 0.5) is 11.5 Å². The number of rotatable bonds is 5. The molecule has 0 saturated carbocycles. The average molecular weight is 406 g/mol. The van der Waals surface area contributed by atoms with Crippen molar-refractivity contribution in [2.75, 3.05) is 49.6 Å². The monoisotopic (exact) mass is 405 g/mol. The minimum absolute atomic E-state index is 0.494. The Morgan fingerprint density at radius 2 is 1.87 bits per heavy atom. The molecule has 1 aromatic carbocycles. The Hall–Kier alpha value is -2.57. The first kappa shape index (κ1) is 19.4. The maximum atomic E-state index is 5.50. The number of aromatic amines is 1. The predicted molar refractivity (Wildman–Crippen MR) is 123 cm³/mol. The van der Waals surface area contributed by atoms with Gasteiger partial charge < -0.3 is 25.3 Å². The quantitative estimate of drug-likeness (QED) is 0.601. The number of ether oxygens (including phenoxy) is 1. The summed E-state index contributed by atoms with van der Waals surface area (Å²) < 4.78 is 5.50. The lowest BCUT2D eigenvalue weighted by atomic mass is 9.91. The molecule has 5 rings (SSSR count). The second-order valence-electron chi connectivity index (χ2n) is 8.48. The van der Waals surface area contributed by atoms with Gasteiger partial charge in [-0.1, -0.05) is 12.1 Å². The van der Waals surface area contributed by atoms with Crippen molar-refractivity contribution in [3.8, 4) is 11.3 Å². The standard InChI is InChI=1S/C24H31N5O/c1-17(18-6-9-25-10-7-18)27-20-4-2-19(3-5-20)23-16-21-22(28-23)8-11-26-24(21)29-12-14-30-15-13-29/h2-5,8,11,16-18,25,27-28H,6-7,9-10,12-15H2,1H3.